The minimum atomic E-state index is -2.58. The second-order valence-electron chi connectivity index (χ2n) is 6.21. The molecule has 1 N–H and O–H groups in total. The number of rotatable bonds is 4. The van der Waals surface area contributed by atoms with E-state index in [9.17, 15) is 13.6 Å². The molecule has 0 saturated heterocycles. The maximum absolute atomic E-state index is 13.3. The Hall–Kier alpha value is -2.38. The summed E-state index contributed by atoms with van der Waals surface area (Å²) in [7, 11) is 0. The summed E-state index contributed by atoms with van der Waals surface area (Å²) in [6.45, 7) is 3.72. The van der Waals surface area contributed by atoms with Crippen LogP contribution in [-0.2, 0) is 0 Å². The first kappa shape index (κ1) is 16.5. The van der Waals surface area contributed by atoms with E-state index in [2.05, 4.69) is 20.4 Å². The summed E-state index contributed by atoms with van der Waals surface area (Å²) >= 11 is 0. The number of nitrogens with one attached hydrogen (secondary N) is 1. The number of halogens is 2. The van der Waals surface area contributed by atoms with Gasteiger partial charge in [-0.05, 0) is 32.8 Å². The van der Waals surface area contributed by atoms with Crippen molar-refractivity contribution in [2.45, 2.75) is 51.5 Å². The van der Waals surface area contributed by atoms with Crippen molar-refractivity contribution < 1.29 is 13.6 Å². The molecule has 2 aromatic heterocycles. The van der Waals surface area contributed by atoms with Gasteiger partial charge in [-0.3, -0.25) is 4.79 Å². The third-order valence-electron chi connectivity index (χ3n) is 4.12. The van der Waals surface area contributed by atoms with Crippen LogP contribution in [0.4, 0.5) is 14.6 Å². The van der Waals surface area contributed by atoms with Crippen molar-refractivity contribution in [2.75, 3.05) is 5.32 Å². The molecule has 1 aliphatic rings. The van der Waals surface area contributed by atoms with Crippen molar-refractivity contribution in [2.24, 2.45) is 0 Å². The third kappa shape index (κ3) is 3.58. The van der Waals surface area contributed by atoms with Crippen molar-refractivity contribution in [1.82, 2.24) is 19.7 Å². The Morgan fingerprint density at radius 2 is 1.96 bits per heavy atom. The van der Waals surface area contributed by atoms with E-state index < -0.39 is 5.92 Å². The number of alkyl halides is 2. The molecule has 2 aromatic rings. The monoisotopic (exact) mass is 335 g/mol. The number of hydrogen-bond donors (Lipinski definition) is 1. The number of hydrogen-bond acceptors (Lipinski definition) is 5. The molecule has 3 rings (SSSR count). The average Bonchev–Trinajstić information content (AvgIpc) is 2.88. The SMILES string of the molecule is Cc1cc(C)n(-c2nc(C=O)cc(NC3CCC(F)(F)CC3)n2)n1. The van der Waals surface area contributed by atoms with Crippen LogP contribution >= 0.6 is 0 Å². The van der Waals surface area contributed by atoms with Crippen LogP contribution in [0.2, 0.25) is 0 Å². The molecule has 0 bridgehead atoms. The molecule has 1 saturated carbocycles. The summed E-state index contributed by atoms with van der Waals surface area (Å²) in [5.41, 5.74) is 1.88. The molecule has 0 atom stereocenters. The quantitative estimate of drug-likeness (QED) is 0.869. The molecule has 0 aromatic carbocycles. The van der Waals surface area contributed by atoms with Gasteiger partial charge in [0, 0.05) is 30.6 Å². The first-order chi connectivity index (χ1) is 11.4. The van der Waals surface area contributed by atoms with Gasteiger partial charge < -0.3 is 5.32 Å². The highest BCUT2D eigenvalue weighted by molar-refractivity contribution is 5.73. The minimum Gasteiger partial charge on any atom is -0.367 e. The molecular formula is C16H19F2N5O. The fourth-order valence-electron chi connectivity index (χ4n) is 2.91. The lowest BCUT2D eigenvalue weighted by Gasteiger charge is -2.29. The summed E-state index contributed by atoms with van der Waals surface area (Å²) in [5.74, 6) is -1.84. The maximum atomic E-state index is 13.3. The number of aromatic nitrogens is 4. The summed E-state index contributed by atoms with van der Waals surface area (Å²) < 4.78 is 28.1. The molecule has 128 valence electrons. The first-order valence-corrected chi connectivity index (χ1v) is 7.88. The van der Waals surface area contributed by atoms with Crippen LogP contribution in [0.1, 0.15) is 47.6 Å². The van der Waals surface area contributed by atoms with Crippen molar-refractivity contribution in [3.8, 4) is 5.95 Å². The zero-order valence-corrected chi connectivity index (χ0v) is 13.6. The molecule has 24 heavy (non-hydrogen) atoms. The van der Waals surface area contributed by atoms with E-state index in [-0.39, 0.29) is 30.5 Å². The van der Waals surface area contributed by atoms with Crippen LogP contribution in [-0.4, -0.2) is 38.0 Å². The van der Waals surface area contributed by atoms with Crippen LogP contribution in [0.25, 0.3) is 5.95 Å². The second kappa shape index (κ2) is 6.26. The Morgan fingerprint density at radius 3 is 2.54 bits per heavy atom. The molecule has 0 amide bonds. The molecule has 1 fully saturated rings. The Balaban J connectivity index is 1.85. The van der Waals surface area contributed by atoms with E-state index in [4.69, 9.17) is 0 Å². The topological polar surface area (TPSA) is 72.7 Å². The Morgan fingerprint density at radius 1 is 1.25 bits per heavy atom. The smallest absolute Gasteiger partial charge is 0.253 e. The fourth-order valence-corrected chi connectivity index (χ4v) is 2.91. The number of nitrogens with zero attached hydrogens (tertiary/aromatic N) is 4. The van der Waals surface area contributed by atoms with Gasteiger partial charge in [-0.25, -0.2) is 18.4 Å². The van der Waals surface area contributed by atoms with Gasteiger partial charge in [-0.1, -0.05) is 0 Å². The molecule has 8 heteroatoms. The number of carbonyl (C=O) groups excluding carboxylic acids is 1. The van der Waals surface area contributed by atoms with Gasteiger partial charge in [0.05, 0.1) is 5.69 Å². The molecule has 0 radical (unpaired) electrons. The second-order valence-corrected chi connectivity index (χ2v) is 6.21. The molecule has 1 aliphatic carbocycles. The van der Waals surface area contributed by atoms with Gasteiger partial charge in [-0.15, -0.1) is 0 Å². The highest BCUT2D eigenvalue weighted by atomic mass is 19.3. The lowest BCUT2D eigenvalue weighted by molar-refractivity contribution is -0.0361. The van der Waals surface area contributed by atoms with Crippen molar-refractivity contribution >= 4 is 12.1 Å². The molecule has 0 spiro atoms. The molecule has 0 unspecified atom stereocenters. The zero-order chi connectivity index (χ0) is 17.3. The summed E-state index contributed by atoms with van der Waals surface area (Å²) in [4.78, 5) is 19.7. The normalized spacial score (nSPS) is 17.7. The summed E-state index contributed by atoms with van der Waals surface area (Å²) in [6.07, 6.45) is 1.09. The summed E-state index contributed by atoms with van der Waals surface area (Å²) in [6, 6.07) is 3.31. The third-order valence-corrected chi connectivity index (χ3v) is 4.12. The van der Waals surface area contributed by atoms with Crippen molar-refractivity contribution in [1.29, 1.82) is 0 Å². The van der Waals surface area contributed by atoms with Crippen molar-refractivity contribution in [3.63, 3.8) is 0 Å². The van der Waals surface area contributed by atoms with Crippen LogP contribution in [0.3, 0.4) is 0 Å². The van der Waals surface area contributed by atoms with Crippen LogP contribution in [0.5, 0.6) is 0 Å². The Labute approximate surface area is 138 Å². The molecule has 2 heterocycles. The van der Waals surface area contributed by atoms with Crippen LogP contribution in [0, 0.1) is 13.8 Å². The lowest BCUT2D eigenvalue weighted by Crippen LogP contribution is -2.32. The van der Waals surface area contributed by atoms with Crippen molar-refractivity contribution in [3.05, 3.63) is 29.2 Å². The summed E-state index contributed by atoms with van der Waals surface area (Å²) in [5, 5.41) is 7.46. The van der Waals surface area contributed by atoms with E-state index >= 15 is 0 Å². The number of anilines is 1. The zero-order valence-electron chi connectivity index (χ0n) is 13.6. The Bertz CT molecular complexity index is 749. The van der Waals surface area contributed by atoms with Crippen LogP contribution < -0.4 is 5.32 Å². The van der Waals surface area contributed by atoms with Gasteiger partial charge in [-0.2, -0.15) is 10.1 Å². The van der Waals surface area contributed by atoms with Crippen LogP contribution in [0.15, 0.2) is 12.1 Å². The van der Waals surface area contributed by atoms with E-state index in [0.29, 0.717) is 24.9 Å². The largest absolute Gasteiger partial charge is 0.367 e. The number of carbonyl (C=O) groups is 1. The number of aldehydes is 1. The predicted octanol–water partition coefficient (Wildman–Crippen LogP) is 3.08. The first-order valence-electron chi connectivity index (χ1n) is 7.88. The van der Waals surface area contributed by atoms with Gasteiger partial charge in [0.25, 0.3) is 5.95 Å². The average molecular weight is 335 g/mol. The highest BCUT2D eigenvalue weighted by Gasteiger charge is 2.35. The molecule has 0 aliphatic heterocycles. The molecule has 6 nitrogen and oxygen atoms in total. The maximum Gasteiger partial charge on any atom is 0.253 e. The van der Waals surface area contributed by atoms with Gasteiger partial charge >= 0.3 is 0 Å². The van der Waals surface area contributed by atoms with E-state index in [1.165, 1.54) is 6.07 Å². The minimum absolute atomic E-state index is 0.0904. The van der Waals surface area contributed by atoms with Gasteiger partial charge in [0.1, 0.15) is 11.5 Å². The fraction of sp³-hybridized carbons (Fsp3) is 0.500. The van der Waals surface area contributed by atoms with E-state index in [0.717, 1.165) is 11.4 Å². The van der Waals surface area contributed by atoms with Gasteiger partial charge in [0.15, 0.2) is 6.29 Å². The molecular weight excluding hydrogens is 316 g/mol. The predicted molar refractivity (Wildman–Crippen MR) is 84.8 cm³/mol. The standard InChI is InChI=1S/C16H19F2N5O/c1-10-7-11(2)23(22-10)15-20-13(9-24)8-14(21-15)19-12-3-5-16(17,18)6-4-12/h7-9,12H,3-6H2,1-2H3,(H,19,20,21). The highest BCUT2D eigenvalue weighted by Crippen LogP contribution is 2.34. The van der Waals surface area contributed by atoms with Gasteiger partial charge in [0.2, 0.25) is 5.92 Å². The van der Waals surface area contributed by atoms with E-state index in [1.807, 2.05) is 19.9 Å². The lowest BCUT2D eigenvalue weighted by atomic mass is 9.92. The number of aryl methyl sites for hydroxylation is 2. The Kier molecular flexibility index (Phi) is 4.29. The van der Waals surface area contributed by atoms with E-state index in [1.54, 1.807) is 4.68 Å².